The summed E-state index contributed by atoms with van der Waals surface area (Å²) in [4.78, 5) is 0. The van der Waals surface area contributed by atoms with Crippen molar-refractivity contribution in [3.63, 3.8) is 0 Å². The number of rotatable bonds is 6. The standard InChI is InChI=1S/C17H33NO/c18-17-11-4-3-10-16(17)15-9-6-8-14(13-15)7-2-1-5-12-19/h14-17,19H,1-13,18H2/t14?,15-,16?,17?/m1/s1. The zero-order valence-corrected chi connectivity index (χ0v) is 12.5. The maximum Gasteiger partial charge on any atom is 0.0431 e. The third kappa shape index (κ3) is 4.75. The van der Waals surface area contributed by atoms with Gasteiger partial charge in [-0.3, -0.25) is 0 Å². The molecule has 2 heteroatoms. The molecule has 2 aliphatic rings. The topological polar surface area (TPSA) is 46.2 Å². The Hall–Kier alpha value is -0.0800. The minimum atomic E-state index is 0.365. The zero-order chi connectivity index (χ0) is 13.5. The Morgan fingerprint density at radius 2 is 1.74 bits per heavy atom. The highest BCUT2D eigenvalue weighted by molar-refractivity contribution is 4.86. The minimum absolute atomic E-state index is 0.365. The summed E-state index contributed by atoms with van der Waals surface area (Å²) in [5.41, 5.74) is 6.37. The minimum Gasteiger partial charge on any atom is -0.396 e. The van der Waals surface area contributed by atoms with E-state index in [2.05, 4.69) is 0 Å². The molecule has 0 spiro atoms. The zero-order valence-electron chi connectivity index (χ0n) is 12.5. The van der Waals surface area contributed by atoms with E-state index in [4.69, 9.17) is 10.8 Å². The van der Waals surface area contributed by atoms with Crippen LogP contribution in [0, 0.1) is 17.8 Å². The first-order chi connectivity index (χ1) is 9.31. The normalized spacial score (nSPS) is 36.3. The highest BCUT2D eigenvalue weighted by Crippen LogP contribution is 2.41. The van der Waals surface area contributed by atoms with Gasteiger partial charge in [0.1, 0.15) is 0 Å². The summed E-state index contributed by atoms with van der Waals surface area (Å²) >= 11 is 0. The van der Waals surface area contributed by atoms with Crippen molar-refractivity contribution in [2.24, 2.45) is 23.5 Å². The summed E-state index contributed by atoms with van der Waals surface area (Å²) in [7, 11) is 0. The average Bonchev–Trinajstić information content (AvgIpc) is 2.44. The maximum atomic E-state index is 8.83. The van der Waals surface area contributed by atoms with Gasteiger partial charge in [-0.25, -0.2) is 0 Å². The Bertz CT molecular complexity index is 243. The summed E-state index contributed by atoms with van der Waals surface area (Å²) < 4.78 is 0. The third-order valence-corrected chi connectivity index (χ3v) is 5.57. The van der Waals surface area contributed by atoms with Crippen LogP contribution in [0.4, 0.5) is 0 Å². The van der Waals surface area contributed by atoms with E-state index in [-0.39, 0.29) is 0 Å². The van der Waals surface area contributed by atoms with Crippen LogP contribution in [-0.4, -0.2) is 17.8 Å². The van der Waals surface area contributed by atoms with E-state index in [1.54, 1.807) is 0 Å². The van der Waals surface area contributed by atoms with Gasteiger partial charge in [-0.05, 0) is 43.4 Å². The van der Waals surface area contributed by atoms with Crippen molar-refractivity contribution in [3.05, 3.63) is 0 Å². The van der Waals surface area contributed by atoms with Crippen LogP contribution in [0.3, 0.4) is 0 Å². The molecule has 3 N–H and O–H groups in total. The molecule has 0 radical (unpaired) electrons. The summed E-state index contributed by atoms with van der Waals surface area (Å²) in [5.74, 6) is 2.70. The van der Waals surface area contributed by atoms with Crippen molar-refractivity contribution in [1.82, 2.24) is 0 Å². The second kappa shape index (κ2) is 8.26. The van der Waals surface area contributed by atoms with Gasteiger partial charge in [-0.15, -0.1) is 0 Å². The number of hydrogen-bond donors (Lipinski definition) is 2. The van der Waals surface area contributed by atoms with E-state index in [0.29, 0.717) is 12.6 Å². The van der Waals surface area contributed by atoms with Gasteiger partial charge in [0.05, 0.1) is 0 Å². The second-order valence-electron chi connectivity index (χ2n) is 6.98. The average molecular weight is 267 g/mol. The molecule has 112 valence electrons. The van der Waals surface area contributed by atoms with Crippen LogP contribution in [0.2, 0.25) is 0 Å². The first-order valence-corrected chi connectivity index (χ1v) is 8.67. The molecule has 0 bridgehead atoms. The Morgan fingerprint density at radius 3 is 2.53 bits per heavy atom. The summed E-state index contributed by atoms with van der Waals surface area (Å²) in [6.07, 6.45) is 16.1. The largest absolute Gasteiger partial charge is 0.396 e. The van der Waals surface area contributed by atoms with Gasteiger partial charge in [0.15, 0.2) is 0 Å². The molecule has 2 saturated carbocycles. The fraction of sp³-hybridized carbons (Fsp3) is 1.00. The molecular weight excluding hydrogens is 234 g/mol. The Morgan fingerprint density at radius 1 is 0.895 bits per heavy atom. The lowest BCUT2D eigenvalue weighted by Crippen LogP contribution is -2.39. The molecule has 0 aromatic rings. The van der Waals surface area contributed by atoms with Crippen LogP contribution in [0.5, 0.6) is 0 Å². The van der Waals surface area contributed by atoms with Gasteiger partial charge < -0.3 is 10.8 Å². The summed E-state index contributed by atoms with van der Waals surface area (Å²) in [6.45, 7) is 0.365. The summed E-state index contributed by atoms with van der Waals surface area (Å²) in [6, 6.07) is 0.492. The molecule has 2 nitrogen and oxygen atoms in total. The quantitative estimate of drug-likeness (QED) is 0.718. The first-order valence-electron chi connectivity index (χ1n) is 8.67. The van der Waals surface area contributed by atoms with Crippen LogP contribution in [0.1, 0.15) is 77.0 Å². The smallest absolute Gasteiger partial charge is 0.0431 e. The molecule has 0 aromatic heterocycles. The Labute approximate surface area is 119 Å². The SMILES string of the molecule is NC1CCCCC1[C@@H]1CCCC(CCCCCO)C1. The predicted octanol–water partition coefficient (Wildman–Crippen LogP) is 3.86. The molecule has 0 aromatic carbocycles. The molecule has 3 unspecified atom stereocenters. The van der Waals surface area contributed by atoms with Gasteiger partial charge in [0.25, 0.3) is 0 Å². The van der Waals surface area contributed by atoms with E-state index < -0.39 is 0 Å². The van der Waals surface area contributed by atoms with E-state index >= 15 is 0 Å². The molecule has 2 fully saturated rings. The molecule has 2 aliphatic carbocycles. The first kappa shape index (κ1) is 15.3. The number of unbranched alkanes of at least 4 members (excludes halogenated alkanes) is 2. The van der Waals surface area contributed by atoms with E-state index in [1.165, 1.54) is 70.6 Å². The Balaban J connectivity index is 1.73. The monoisotopic (exact) mass is 267 g/mol. The third-order valence-electron chi connectivity index (χ3n) is 5.57. The highest BCUT2D eigenvalue weighted by atomic mass is 16.2. The van der Waals surface area contributed by atoms with Crippen LogP contribution in [-0.2, 0) is 0 Å². The number of aliphatic hydroxyl groups is 1. The van der Waals surface area contributed by atoms with Crippen LogP contribution in [0.15, 0.2) is 0 Å². The van der Waals surface area contributed by atoms with Crippen molar-refractivity contribution < 1.29 is 5.11 Å². The van der Waals surface area contributed by atoms with Gasteiger partial charge >= 0.3 is 0 Å². The van der Waals surface area contributed by atoms with Gasteiger partial charge in [-0.1, -0.05) is 51.4 Å². The van der Waals surface area contributed by atoms with Crippen molar-refractivity contribution in [3.8, 4) is 0 Å². The molecule has 0 aliphatic heterocycles. The van der Waals surface area contributed by atoms with Gasteiger partial charge in [0, 0.05) is 12.6 Å². The molecule has 4 atom stereocenters. The van der Waals surface area contributed by atoms with E-state index in [0.717, 1.165) is 24.2 Å². The molecule has 0 amide bonds. The highest BCUT2D eigenvalue weighted by Gasteiger charge is 2.32. The van der Waals surface area contributed by atoms with Crippen LogP contribution >= 0.6 is 0 Å². The Kier molecular flexibility index (Phi) is 6.66. The maximum absolute atomic E-state index is 8.83. The number of aliphatic hydroxyl groups excluding tert-OH is 1. The lowest BCUT2D eigenvalue weighted by Gasteiger charge is -2.39. The van der Waals surface area contributed by atoms with Crippen molar-refractivity contribution in [2.75, 3.05) is 6.61 Å². The van der Waals surface area contributed by atoms with Crippen molar-refractivity contribution in [2.45, 2.75) is 83.1 Å². The predicted molar refractivity (Wildman–Crippen MR) is 80.9 cm³/mol. The fourth-order valence-corrected chi connectivity index (χ4v) is 4.48. The number of nitrogens with two attached hydrogens (primary N) is 1. The second-order valence-corrected chi connectivity index (χ2v) is 6.98. The van der Waals surface area contributed by atoms with Gasteiger partial charge in [-0.2, -0.15) is 0 Å². The van der Waals surface area contributed by atoms with E-state index in [9.17, 15) is 0 Å². The molecule has 0 saturated heterocycles. The van der Waals surface area contributed by atoms with Crippen molar-refractivity contribution >= 4 is 0 Å². The summed E-state index contributed by atoms with van der Waals surface area (Å²) in [5, 5.41) is 8.83. The van der Waals surface area contributed by atoms with Crippen LogP contribution < -0.4 is 5.73 Å². The van der Waals surface area contributed by atoms with Gasteiger partial charge in [0.2, 0.25) is 0 Å². The number of hydrogen-bond acceptors (Lipinski definition) is 2. The lowest BCUT2D eigenvalue weighted by molar-refractivity contribution is 0.136. The fourth-order valence-electron chi connectivity index (χ4n) is 4.48. The molecular formula is C17H33NO. The van der Waals surface area contributed by atoms with Crippen LogP contribution in [0.25, 0.3) is 0 Å². The molecule has 0 heterocycles. The van der Waals surface area contributed by atoms with E-state index in [1.807, 2.05) is 0 Å². The molecule has 2 rings (SSSR count). The molecule has 19 heavy (non-hydrogen) atoms. The lowest BCUT2D eigenvalue weighted by atomic mass is 9.68. The van der Waals surface area contributed by atoms with Crippen molar-refractivity contribution in [1.29, 1.82) is 0 Å².